The molecule has 16 heavy (non-hydrogen) atoms. The van der Waals surface area contributed by atoms with Gasteiger partial charge in [0.2, 0.25) is 0 Å². The van der Waals surface area contributed by atoms with Gasteiger partial charge in [-0.3, -0.25) is 0 Å². The van der Waals surface area contributed by atoms with Gasteiger partial charge in [-0.25, -0.2) is 9.48 Å². The summed E-state index contributed by atoms with van der Waals surface area (Å²) < 4.78 is 1.52. The zero-order valence-electron chi connectivity index (χ0n) is 8.51. The maximum Gasteiger partial charge on any atom is 0.339 e. The van der Waals surface area contributed by atoms with E-state index in [9.17, 15) is 4.79 Å². The lowest BCUT2D eigenvalue weighted by Crippen LogP contribution is -1.95. The highest BCUT2D eigenvalue weighted by atomic mass is 35.5. The van der Waals surface area contributed by atoms with Crippen molar-refractivity contribution in [3.05, 3.63) is 46.7 Å². The van der Waals surface area contributed by atoms with Crippen LogP contribution < -0.4 is 0 Å². The molecule has 0 spiro atoms. The molecule has 2 rings (SSSR count). The molecular formula is C11H9ClN2O2. The minimum atomic E-state index is -0.974. The standard InChI is InChI=1S/C11H9ClN2O2/c1-7-10(11(15)16)6-14(13-7)9-4-2-8(12)3-5-9/h2-6H,1H3,(H,15,16). The molecule has 0 amide bonds. The fourth-order valence-corrected chi connectivity index (χ4v) is 1.52. The van der Waals surface area contributed by atoms with Crippen molar-refractivity contribution in [2.24, 2.45) is 0 Å². The van der Waals surface area contributed by atoms with Crippen molar-refractivity contribution in [2.45, 2.75) is 6.92 Å². The fraction of sp³-hybridized carbons (Fsp3) is 0.0909. The molecule has 82 valence electrons. The summed E-state index contributed by atoms with van der Waals surface area (Å²) >= 11 is 5.76. The van der Waals surface area contributed by atoms with Gasteiger partial charge in [0.1, 0.15) is 5.56 Å². The van der Waals surface area contributed by atoms with E-state index >= 15 is 0 Å². The lowest BCUT2D eigenvalue weighted by atomic mass is 10.3. The van der Waals surface area contributed by atoms with Crippen molar-refractivity contribution in [3.63, 3.8) is 0 Å². The molecule has 1 heterocycles. The first kappa shape index (κ1) is 10.7. The van der Waals surface area contributed by atoms with Crippen LogP contribution in [0, 0.1) is 6.92 Å². The van der Waals surface area contributed by atoms with Gasteiger partial charge in [-0.1, -0.05) is 11.6 Å². The van der Waals surface area contributed by atoms with Gasteiger partial charge < -0.3 is 5.11 Å². The van der Waals surface area contributed by atoms with Crippen molar-refractivity contribution in [2.75, 3.05) is 0 Å². The van der Waals surface area contributed by atoms with Gasteiger partial charge >= 0.3 is 5.97 Å². The van der Waals surface area contributed by atoms with Crippen LogP contribution in [0.25, 0.3) is 5.69 Å². The van der Waals surface area contributed by atoms with Gasteiger partial charge in [0.05, 0.1) is 11.4 Å². The predicted molar refractivity (Wildman–Crippen MR) is 60.3 cm³/mol. The second kappa shape index (κ2) is 3.98. The van der Waals surface area contributed by atoms with E-state index in [1.54, 1.807) is 31.2 Å². The summed E-state index contributed by atoms with van der Waals surface area (Å²) in [7, 11) is 0. The Morgan fingerprint density at radius 1 is 1.38 bits per heavy atom. The van der Waals surface area contributed by atoms with E-state index in [2.05, 4.69) is 5.10 Å². The number of benzene rings is 1. The molecule has 0 aliphatic rings. The van der Waals surface area contributed by atoms with Crippen LogP contribution in [0.5, 0.6) is 0 Å². The molecule has 0 fully saturated rings. The Morgan fingerprint density at radius 2 is 2.00 bits per heavy atom. The van der Waals surface area contributed by atoms with Crippen LogP contribution in [0.3, 0.4) is 0 Å². The van der Waals surface area contributed by atoms with Crippen LogP contribution in [-0.4, -0.2) is 20.9 Å². The molecule has 0 unspecified atom stereocenters. The Labute approximate surface area is 97.1 Å². The Kier molecular flexibility index (Phi) is 2.66. The van der Waals surface area contributed by atoms with Crippen molar-refractivity contribution in [1.82, 2.24) is 9.78 Å². The van der Waals surface area contributed by atoms with E-state index in [0.29, 0.717) is 10.7 Å². The van der Waals surface area contributed by atoms with Crippen LogP contribution >= 0.6 is 11.6 Å². The number of rotatable bonds is 2. The number of aryl methyl sites for hydroxylation is 1. The third-order valence-electron chi connectivity index (χ3n) is 2.22. The molecule has 0 radical (unpaired) electrons. The highest BCUT2D eigenvalue weighted by molar-refractivity contribution is 6.30. The average Bonchev–Trinajstić information content (AvgIpc) is 2.61. The van der Waals surface area contributed by atoms with Crippen LogP contribution in [0.2, 0.25) is 5.02 Å². The fourth-order valence-electron chi connectivity index (χ4n) is 1.40. The maximum absolute atomic E-state index is 10.8. The number of carboxylic acids is 1. The molecule has 4 nitrogen and oxygen atoms in total. The van der Waals surface area contributed by atoms with Crippen LogP contribution in [0.15, 0.2) is 30.5 Å². The summed E-state index contributed by atoms with van der Waals surface area (Å²) in [6.07, 6.45) is 1.49. The molecule has 2 aromatic rings. The van der Waals surface area contributed by atoms with Crippen molar-refractivity contribution >= 4 is 17.6 Å². The predicted octanol–water partition coefficient (Wildman–Crippen LogP) is 2.53. The summed E-state index contributed by atoms with van der Waals surface area (Å²) in [4.78, 5) is 10.8. The monoisotopic (exact) mass is 236 g/mol. The van der Waals surface area contributed by atoms with E-state index in [-0.39, 0.29) is 5.56 Å². The van der Waals surface area contributed by atoms with Crippen molar-refractivity contribution in [3.8, 4) is 5.69 Å². The van der Waals surface area contributed by atoms with Crippen molar-refractivity contribution in [1.29, 1.82) is 0 Å². The number of hydrogen-bond donors (Lipinski definition) is 1. The number of carboxylic acid groups (broad SMARTS) is 1. The number of hydrogen-bond acceptors (Lipinski definition) is 2. The highest BCUT2D eigenvalue weighted by Crippen LogP contribution is 2.15. The average molecular weight is 237 g/mol. The molecule has 0 saturated heterocycles. The number of aromatic carboxylic acids is 1. The maximum atomic E-state index is 10.8. The quantitative estimate of drug-likeness (QED) is 0.872. The summed E-state index contributed by atoms with van der Waals surface area (Å²) in [6, 6.07) is 7.02. The topological polar surface area (TPSA) is 55.1 Å². The number of aromatic nitrogens is 2. The first-order valence-electron chi connectivity index (χ1n) is 4.63. The van der Waals surface area contributed by atoms with Gasteiger partial charge in [0.15, 0.2) is 0 Å². The Bertz CT molecular complexity index is 531. The minimum Gasteiger partial charge on any atom is -0.478 e. The number of halogens is 1. The molecule has 0 atom stereocenters. The molecule has 0 aliphatic carbocycles. The number of carbonyl (C=O) groups is 1. The van der Waals surface area contributed by atoms with E-state index in [1.807, 2.05) is 0 Å². The van der Waals surface area contributed by atoms with Gasteiger partial charge in [-0.2, -0.15) is 5.10 Å². The Balaban J connectivity index is 2.45. The summed E-state index contributed by atoms with van der Waals surface area (Å²) in [5.74, 6) is -0.974. The molecule has 5 heteroatoms. The summed E-state index contributed by atoms with van der Waals surface area (Å²) in [5.41, 5.74) is 1.47. The van der Waals surface area contributed by atoms with E-state index in [1.165, 1.54) is 10.9 Å². The zero-order valence-corrected chi connectivity index (χ0v) is 9.27. The van der Waals surface area contributed by atoms with Gasteiger partial charge in [0, 0.05) is 11.2 Å². The first-order valence-corrected chi connectivity index (χ1v) is 5.01. The molecule has 0 saturated carbocycles. The lowest BCUT2D eigenvalue weighted by Gasteiger charge is -1.99. The lowest BCUT2D eigenvalue weighted by molar-refractivity contribution is 0.0696. The zero-order chi connectivity index (χ0) is 11.7. The van der Waals surface area contributed by atoms with E-state index in [4.69, 9.17) is 16.7 Å². The second-order valence-electron chi connectivity index (χ2n) is 3.35. The molecular weight excluding hydrogens is 228 g/mol. The van der Waals surface area contributed by atoms with E-state index < -0.39 is 5.97 Å². The largest absolute Gasteiger partial charge is 0.478 e. The first-order chi connectivity index (χ1) is 7.58. The summed E-state index contributed by atoms with van der Waals surface area (Å²) in [5, 5.41) is 13.7. The van der Waals surface area contributed by atoms with Crippen LogP contribution in [0.4, 0.5) is 0 Å². The van der Waals surface area contributed by atoms with Gasteiger partial charge in [0.25, 0.3) is 0 Å². The van der Waals surface area contributed by atoms with Crippen LogP contribution in [-0.2, 0) is 0 Å². The minimum absolute atomic E-state index is 0.204. The van der Waals surface area contributed by atoms with Gasteiger partial charge in [-0.15, -0.1) is 0 Å². The molecule has 1 aromatic heterocycles. The molecule has 1 N–H and O–H groups in total. The third-order valence-corrected chi connectivity index (χ3v) is 2.47. The Morgan fingerprint density at radius 3 is 2.50 bits per heavy atom. The molecule has 0 aliphatic heterocycles. The second-order valence-corrected chi connectivity index (χ2v) is 3.79. The van der Waals surface area contributed by atoms with Crippen molar-refractivity contribution < 1.29 is 9.90 Å². The molecule has 1 aromatic carbocycles. The number of nitrogens with zero attached hydrogens (tertiary/aromatic N) is 2. The smallest absolute Gasteiger partial charge is 0.339 e. The van der Waals surface area contributed by atoms with Crippen LogP contribution in [0.1, 0.15) is 16.1 Å². The third kappa shape index (κ3) is 1.92. The van der Waals surface area contributed by atoms with E-state index in [0.717, 1.165) is 5.69 Å². The summed E-state index contributed by atoms with van der Waals surface area (Å²) in [6.45, 7) is 1.66. The highest BCUT2D eigenvalue weighted by Gasteiger charge is 2.12. The SMILES string of the molecule is Cc1nn(-c2ccc(Cl)cc2)cc1C(=O)O. The Hall–Kier alpha value is -1.81. The molecule has 0 bridgehead atoms. The van der Waals surface area contributed by atoms with Gasteiger partial charge in [-0.05, 0) is 31.2 Å². The normalized spacial score (nSPS) is 10.4.